The lowest BCUT2D eigenvalue weighted by Gasteiger charge is -2.40. The second-order valence-corrected chi connectivity index (χ2v) is 7.87. The molecule has 144 valence electrons. The molecule has 1 amide bonds. The number of hydrogen-bond acceptors (Lipinski definition) is 6. The van der Waals surface area contributed by atoms with Gasteiger partial charge in [0.25, 0.3) is 0 Å². The molecule has 2 aromatic heterocycles. The molecule has 7 heteroatoms. The highest BCUT2D eigenvalue weighted by Crippen LogP contribution is 2.39. The van der Waals surface area contributed by atoms with Gasteiger partial charge in [0.1, 0.15) is 0 Å². The van der Waals surface area contributed by atoms with Crippen LogP contribution in [0.25, 0.3) is 11.3 Å². The Balaban J connectivity index is 1.76. The standard InChI is InChI=1S/C20H27N5O2/c1-13-11-17(27-23-13)15-12-21-20(24(2)3)22-18(15)16-9-4-5-10-25(16)19(26)14-7-6-8-14/h11-12,14,16H,4-10H2,1-3H3/t16-/m1/s1. The summed E-state index contributed by atoms with van der Waals surface area (Å²) in [4.78, 5) is 26.3. The van der Waals surface area contributed by atoms with Gasteiger partial charge in [-0.3, -0.25) is 4.79 Å². The van der Waals surface area contributed by atoms with E-state index in [4.69, 9.17) is 9.51 Å². The molecule has 1 saturated heterocycles. The molecule has 2 aromatic rings. The summed E-state index contributed by atoms with van der Waals surface area (Å²) < 4.78 is 5.51. The fourth-order valence-electron chi connectivity index (χ4n) is 3.90. The first-order valence-corrected chi connectivity index (χ1v) is 9.83. The molecule has 0 unspecified atom stereocenters. The highest BCUT2D eigenvalue weighted by atomic mass is 16.5. The number of likely N-dealkylation sites (tertiary alicyclic amines) is 1. The number of amides is 1. The summed E-state index contributed by atoms with van der Waals surface area (Å²) in [5.74, 6) is 1.79. The van der Waals surface area contributed by atoms with E-state index in [2.05, 4.69) is 15.0 Å². The molecule has 3 heterocycles. The molecule has 1 aliphatic heterocycles. The van der Waals surface area contributed by atoms with Gasteiger partial charge in [-0.1, -0.05) is 11.6 Å². The Labute approximate surface area is 159 Å². The third-order valence-electron chi connectivity index (χ3n) is 5.65. The number of piperidine rings is 1. The Kier molecular flexibility index (Phi) is 4.85. The molecule has 2 aliphatic rings. The number of aromatic nitrogens is 3. The highest BCUT2D eigenvalue weighted by Gasteiger charge is 2.37. The second-order valence-electron chi connectivity index (χ2n) is 7.87. The number of rotatable bonds is 4. The van der Waals surface area contributed by atoms with E-state index in [9.17, 15) is 4.79 Å². The zero-order chi connectivity index (χ0) is 19.0. The molecule has 0 spiro atoms. The molecule has 0 N–H and O–H groups in total. The minimum atomic E-state index is -0.0334. The number of carbonyl (C=O) groups is 1. The van der Waals surface area contributed by atoms with Gasteiger partial charge in [-0.25, -0.2) is 9.97 Å². The predicted octanol–water partition coefficient (Wildman–Crippen LogP) is 3.36. The molecule has 4 rings (SSSR count). The van der Waals surface area contributed by atoms with Crippen molar-refractivity contribution in [3.8, 4) is 11.3 Å². The summed E-state index contributed by atoms with van der Waals surface area (Å²) in [5, 5.41) is 4.02. The van der Waals surface area contributed by atoms with Gasteiger partial charge < -0.3 is 14.3 Å². The van der Waals surface area contributed by atoms with Crippen LogP contribution in [0.2, 0.25) is 0 Å². The van der Waals surface area contributed by atoms with Crippen LogP contribution in [-0.4, -0.2) is 46.6 Å². The maximum Gasteiger partial charge on any atom is 0.226 e. The van der Waals surface area contributed by atoms with Gasteiger partial charge in [0, 0.05) is 38.8 Å². The van der Waals surface area contributed by atoms with Crippen LogP contribution in [0.3, 0.4) is 0 Å². The van der Waals surface area contributed by atoms with Gasteiger partial charge in [-0.05, 0) is 39.0 Å². The van der Waals surface area contributed by atoms with Crippen LogP contribution in [0, 0.1) is 12.8 Å². The van der Waals surface area contributed by atoms with Crippen LogP contribution in [0.5, 0.6) is 0 Å². The average Bonchev–Trinajstić information content (AvgIpc) is 3.06. The monoisotopic (exact) mass is 369 g/mol. The molecule has 7 nitrogen and oxygen atoms in total. The zero-order valence-corrected chi connectivity index (χ0v) is 16.3. The molecule has 0 aromatic carbocycles. The summed E-state index contributed by atoms with van der Waals surface area (Å²) in [6.45, 7) is 2.70. The summed E-state index contributed by atoms with van der Waals surface area (Å²) in [5.41, 5.74) is 2.52. The molecule has 0 radical (unpaired) electrons. The van der Waals surface area contributed by atoms with Crippen molar-refractivity contribution in [2.24, 2.45) is 5.92 Å². The third kappa shape index (κ3) is 3.42. The van der Waals surface area contributed by atoms with Crippen LogP contribution in [0.4, 0.5) is 5.95 Å². The van der Waals surface area contributed by atoms with E-state index in [0.29, 0.717) is 11.7 Å². The SMILES string of the molecule is Cc1cc(-c2cnc(N(C)C)nc2[C@H]2CCCCN2C(=O)C2CCC2)on1. The van der Waals surface area contributed by atoms with Crippen LogP contribution in [0.1, 0.15) is 56.0 Å². The van der Waals surface area contributed by atoms with Crippen LogP contribution in [0.15, 0.2) is 16.8 Å². The largest absolute Gasteiger partial charge is 0.356 e. The number of aryl methyl sites for hydroxylation is 1. The van der Waals surface area contributed by atoms with Crippen molar-refractivity contribution in [3.05, 3.63) is 23.7 Å². The molecule has 1 aliphatic carbocycles. The molecular formula is C20H27N5O2. The van der Waals surface area contributed by atoms with Crippen molar-refractivity contribution in [2.45, 2.75) is 51.5 Å². The topological polar surface area (TPSA) is 75.4 Å². The lowest BCUT2D eigenvalue weighted by Crippen LogP contribution is -2.44. The minimum absolute atomic E-state index is 0.0334. The van der Waals surface area contributed by atoms with Gasteiger partial charge >= 0.3 is 0 Å². The van der Waals surface area contributed by atoms with E-state index in [0.717, 1.165) is 62.0 Å². The maximum atomic E-state index is 13.1. The Hall–Kier alpha value is -2.44. The van der Waals surface area contributed by atoms with Gasteiger partial charge in [-0.15, -0.1) is 0 Å². The van der Waals surface area contributed by atoms with Crippen LogP contribution >= 0.6 is 0 Å². The predicted molar refractivity (Wildman–Crippen MR) is 102 cm³/mol. The van der Waals surface area contributed by atoms with Crippen molar-refractivity contribution < 1.29 is 9.32 Å². The number of nitrogens with zero attached hydrogens (tertiary/aromatic N) is 5. The fourth-order valence-corrected chi connectivity index (χ4v) is 3.90. The lowest BCUT2D eigenvalue weighted by atomic mass is 9.83. The van der Waals surface area contributed by atoms with E-state index in [1.807, 2.05) is 32.0 Å². The normalized spacial score (nSPS) is 20.4. The van der Waals surface area contributed by atoms with Gasteiger partial charge in [0.05, 0.1) is 23.0 Å². The van der Waals surface area contributed by atoms with Crippen molar-refractivity contribution >= 4 is 11.9 Å². The molecule has 1 saturated carbocycles. The molecule has 27 heavy (non-hydrogen) atoms. The molecule has 2 fully saturated rings. The first-order valence-electron chi connectivity index (χ1n) is 9.83. The number of anilines is 1. The summed E-state index contributed by atoms with van der Waals surface area (Å²) in [7, 11) is 3.85. The summed E-state index contributed by atoms with van der Waals surface area (Å²) in [6.07, 6.45) is 8.06. The number of hydrogen-bond donors (Lipinski definition) is 0. The van der Waals surface area contributed by atoms with Crippen molar-refractivity contribution in [1.82, 2.24) is 20.0 Å². The maximum absolute atomic E-state index is 13.1. The van der Waals surface area contributed by atoms with Crippen molar-refractivity contribution in [2.75, 3.05) is 25.5 Å². The Bertz CT molecular complexity index is 828. The Morgan fingerprint density at radius 1 is 1.22 bits per heavy atom. The van der Waals surface area contributed by atoms with Gasteiger partial charge in [-0.2, -0.15) is 0 Å². The van der Waals surface area contributed by atoms with Crippen molar-refractivity contribution in [3.63, 3.8) is 0 Å². The summed E-state index contributed by atoms with van der Waals surface area (Å²) in [6, 6.07) is 1.87. The fraction of sp³-hybridized carbons (Fsp3) is 0.600. The highest BCUT2D eigenvalue weighted by molar-refractivity contribution is 5.80. The van der Waals surface area contributed by atoms with Gasteiger partial charge in [0.2, 0.25) is 11.9 Å². The van der Waals surface area contributed by atoms with E-state index in [1.54, 1.807) is 6.20 Å². The Morgan fingerprint density at radius 3 is 2.67 bits per heavy atom. The van der Waals surface area contributed by atoms with Gasteiger partial charge in [0.15, 0.2) is 5.76 Å². The van der Waals surface area contributed by atoms with E-state index < -0.39 is 0 Å². The average molecular weight is 369 g/mol. The third-order valence-corrected chi connectivity index (χ3v) is 5.65. The minimum Gasteiger partial charge on any atom is -0.356 e. The first kappa shape index (κ1) is 17.9. The Morgan fingerprint density at radius 2 is 2.04 bits per heavy atom. The molecule has 0 bridgehead atoms. The summed E-state index contributed by atoms with van der Waals surface area (Å²) >= 11 is 0. The second kappa shape index (κ2) is 7.29. The quantitative estimate of drug-likeness (QED) is 0.823. The number of carbonyl (C=O) groups excluding carboxylic acids is 1. The lowest BCUT2D eigenvalue weighted by molar-refractivity contribution is -0.142. The van der Waals surface area contributed by atoms with E-state index in [-0.39, 0.29) is 17.9 Å². The smallest absolute Gasteiger partial charge is 0.226 e. The first-order chi connectivity index (χ1) is 13.0. The van der Waals surface area contributed by atoms with Crippen molar-refractivity contribution in [1.29, 1.82) is 0 Å². The zero-order valence-electron chi connectivity index (χ0n) is 16.3. The van der Waals surface area contributed by atoms with E-state index in [1.165, 1.54) is 0 Å². The van der Waals surface area contributed by atoms with E-state index >= 15 is 0 Å². The van der Waals surface area contributed by atoms with Crippen LogP contribution in [-0.2, 0) is 4.79 Å². The molecular weight excluding hydrogens is 342 g/mol. The van der Waals surface area contributed by atoms with Crippen LogP contribution < -0.4 is 4.90 Å². The molecule has 1 atom stereocenters.